The van der Waals surface area contributed by atoms with E-state index in [0.717, 1.165) is 37.1 Å². The molecule has 1 amide bonds. The lowest BCUT2D eigenvalue weighted by molar-refractivity contribution is -0.138. The number of ether oxygens (including phenoxy) is 1. The molecule has 1 N–H and O–H groups in total. The Hall–Kier alpha value is -1.55. The van der Waals surface area contributed by atoms with Gasteiger partial charge in [0.25, 0.3) is 0 Å². The van der Waals surface area contributed by atoms with Crippen molar-refractivity contribution in [1.29, 1.82) is 0 Å². The van der Waals surface area contributed by atoms with Crippen LogP contribution in [0.2, 0.25) is 0 Å². The summed E-state index contributed by atoms with van der Waals surface area (Å²) in [6.07, 6.45) is 3.11. The van der Waals surface area contributed by atoms with E-state index in [1.807, 2.05) is 29.2 Å². The summed E-state index contributed by atoms with van der Waals surface area (Å²) in [6, 6.07) is 8.13. The molecule has 0 bridgehead atoms. The SMILES string of the molecule is CC(O)CC1CCCN1C(=O)C1COc2ccccc2C1. The molecule has 4 heteroatoms. The number of para-hydroxylation sites is 1. The minimum absolute atomic E-state index is 0.0884. The zero-order chi connectivity index (χ0) is 14.8. The first-order valence-corrected chi connectivity index (χ1v) is 7.84. The second-order valence-corrected chi connectivity index (χ2v) is 6.23. The lowest BCUT2D eigenvalue weighted by atomic mass is 9.95. The third-order valence-corrected chi connectivity index (χ3v) is 4.50. The van der Waals surface area contributed by atoms with E-state index in [4.69, 9.17) is 4.74 Å². The molecule has 21 heavy (non-hydrogen) atoms. The van der Waals surface area contributed by atoms with Crippen molar-refractivity contribution in [2.45, 2.75) is 44.8 Å². The molecule has 3 atom stereocenters. The highest BCUT2D eigenvalue weighted by Gasteiger charge is 2.35. The number of benzene rings is 1. The molecule has 4 nitrogen and oxygen atoms in total. The van der Waals surface area contributed by atoms with Gasteiger partial charge < -0.3 is 14.7 Å². The second kappa shape index (κ2) is 6.06. The van der Waals surface area contributed by atoms with Crippen LogP contribution in [0.3, 0.4) is 0 Å². The van der Waals surface area contributed by atoms with Crippen LogP contribution in [0.1, 0.15) is 31.7 Å². The Kier molecular flexibility index (Phi) is 4.15. The number of likely N-dealkylation sites (tertiary alicyclic amines) is 1. The predicted molar refractivity (Wildman–Crippen MR) is 80.2 cm³/mol. The fourth-order valence-electron chi connectivity index (χ4n) is 3.49. The van der Waals surface area contributed by atoms with E-state index < -0.39 is 0 Å². The van der Waals surface area contributed by atoms with E-state index in [2.05, 4.69) is 0 Å². The van der Waals surface area contributed by atoms with Gasteiger partial charge in [-0.3, -0.25) is 4.79 Å². The van der Waals surface area contributed by atoms with Crippen molar-refractivity contribution in [3.8, 4) is 5.75 Å². The zero-order valence-electron chi connectivity index (χ0n) is 12.5. The largest absolute Gasteiger partial charge is 0.492 e. The Balaban J connectivity index is 1.68. The van der Waals surface area contributed by atoms with Gasteiger partial charge in [-0.15, -0.1) is 0 Å². The molecule has 2 aliphatic rings. The van der Waals surface area contributed by atoms with Gasteiger partial charge in [-0.2, -0.15) is 0 Å². The maximum atomic E-state index is 12.8. The fourth-order valence-corrected chi connectivity index (χ4v) is 3.49. The molecular formula is C17H23NO3. The van der Waals surface area contributed by atoms with Gasteiger partial charge in [0.15, 0.2) is 0 Å². The highest BCUT2D eigenvalue weighted by atomic mass is 16.5. The smallest absolute Gasteiger partial charge is 0.229 e. The first-order valence-electron chi connectivity index (χ1n) is 7.84. The Morgan fingerprint density at radius 3 is 3.10 bits per heavy atom. The van der Waals surface area contributed by atoms with Gasteiger partial charge in [-0.05, 0) is 44.2 Å². The van der Waals surface area contributed by atoms with E-state index >= 15 is 0 Å². The van der Waals surface area contributed by atoms with Gasteiger partial charge in [0.2, 0.25) is 5.91 Å². The number of carbonyl (C=O) groups is 1. The third-order valence-electron chi connectivity index (χ3n) is 4.50. The van der Waals surface area contributed by atoms with Crippen LogP contribution in [-0.2, 0) is 11.2 Å². The van der Waals surface area contributed by atoms with Crippen molar-refractivity contribution >= 4 is 5.91 Å². The standard InChI is InChI=1S/C17H23NO3/c1-12(19)9-15-6-4-8-18(15)17(20)14-10-13-5-2-3-7-16(13)21-11-14/h2-3,5,7,12,14-15,19H,4,6,8-11H2,1H3. The molecule has 0 aliphatic carbocycles. The number of hydrogen-bond donors (Lipinski definition) is 1. The molecule has 1 aromatic rings. The van der Waals surface area contributed by atoms with Crippen molar-refractivity contribution in [2.24, 2.45) is 5.92 Å². The Bertz CT molecular complexity index is 515. The van der Waals surface area contributed by atoms with E-state index in [9.17, 15) is 9.90 Å². The molecule has 114 valence electrons. The van der Waals surface area contributed by atoms with E-state index in [1.54, 1.807) is 6.92 Å². The lowest BCUT2D eigenvalue weighted by Gasteiger charge is -2.32. The summed E-state index contributed by atoms with van der Waals surface area (Å²) in [4.78, 5) is 14.7. The Morgan fingerprint density at radius 2 is 2.29 bits per heavy atom. The minimum Gasteiger partial charge on any atom is -0.492 e. The van der Waals surface area contributed by atoms with Crippen LogP contribution >= 0.6 is 0 Å². The van der Waals surface area contributed by atoms with Crippen LogP contribution in [0, 0.1) is 5.92 Å². The van der Waals surface area contributed by atoms with E-state index in [-0.39, 0.29) is 24.0 Å². The van der Waals surface area contributed by atoms with Gasteiger partial charge in [0.1, 0.15) is 12.4 Å². The average Bonchev–Trinajstić information content (AvgIpc) is 2.93. The van der Waals surface area contributed by atoms with Crippen molar-refractivity contribution in [1.82, 2.24) is 4.90 Å². The maximum absolute atomic E-state index is 12.8. The van der Waals surface area contributed by atoms with Gasteiger partial charge in [0.05, 0.1) is 12.0 Å². The molecule has 2 aliphatic heterocycles. The van der Waals surface area contributed by atoms with Crippen LogP contribution in [0.5, 0.6) is 5.75 Å². The first kappa shape index (κ1) is 14.4. The Morgan fingerprint density at radius 1 is 1.48 bits per heavy atom. The van der Waals surface area contributed by atoms with Gasteiger partial charge in [-0.25, -0.2) is 0 Å². The van der Waals surface area contributed by atoms with Gasteiger partial charge >= 0.3 is 0 Å². The van der Waals surface area contributed by atoms with Crippen LogP contribution in [0.25, 0.3) is 0 Å². The molecule has 1 aromatic carbocycles. The summed E-state index contributed by atoms with van der Waals surface area (Å²) in [6.45, 7) is 3.07. The monoisotopic (exact) mass is 289 g/mol. The molecule has 2 heterocycles. The van der Waals surface area contributed by atoms with Crippen molar-refractivity contribution in [3.63, 3.8) is 0 Å². The summed E-state index contributed by atoms with van der Waals surface area (Å²) in [5.74, 6) is 1.01. The molecule has 3 rings (SSSR count). The molecule has 0 aromatic heterocycles. The van der Waals surface area contributed by atoms with Crippen LogP contribution < -0.4 is 4.74 Å². The summed E-state index contributed by atoms with van der Waals surface area (Å²) in [5, 5.41) is 9.59. The maximum Gasteiger partial charge on any atom is 0.229 e. The number of fused-ring (bicyclic) bond motifs is 1. The summed E-state index contributed by atoms with van der Waals surface area (Å²) >= 11 is 0. The van der Waals surface area contributed by atoms with Gasteiger partial charge in [0, 0.05) is 12.6 Å². The van der Waals surface area contributed by atoms with Crippen LogP contribution in [0.4, 0.5) is 0 Å². The number of carbonyl (C=O) groups excluding carboxylic acids is 1. The topological polar surface area (TPSA) is 49.8 Å². The molecule has 0 radical (unpaired) electrons. The molecular weight excluding hydrogens is 266 g/mol. The second-order valence-electron chi connectivity index (χ2n) is 6.23. The molecule has 1 saturated heterocycles. The summed E-state index contributed by atoms with van der Waals surface area (Å²) in [7, 11) is 0. The van der Waals surface area contributed by atoms with Gasteiger partial charge in [-0.1, -0.05) is 18.2 Å². The zero-order valence-corrected chi connectivity index (χ0v) is 12.5. The quantitative estimate of drug-likeness (QED) is 0.926. The third kappa shape index (κ3) is 3.05. The lowest BCUT2D eigenvalue weighted by Crippen LogP contribution is -2.44. The van der Waals surface area contributed by atoms with Crippen LogP contribution in [0.15, 0.2) is 24.3 Å². The number of rotatable bonds is 3. The Labute approximate surface area is 125 Å². The van der Waals surface area contributed by atoms with E-state index in [1.165, 1.54) is 0 Å². The number of nitrogens with zero attached hydrogens (tertiary/aromatic N) is 1. The molecule has 1 fully saturated rings. The number of hydrogen-bond acceptors (Lipinski definition) is 3. The highest BCUT2D eigenvalue weighted by Crippen LogP contribution is 2.30. The summed E-state index contributed by atoms with van der Waals surface area (Å²) < 4.78 is 5.74. The van der Waals surface area contributed by atoms with Crippen LogP contribution in [-0.4, -0.2) is 41.2 Å². The average molecular weight is 289 g/mol. The number of aliphatic hydroxyl groups excluding tert-OH is 1. The molecule has 0 saturated carbocycles. The normalized spacial score (nSPS) is 26.1. The van der Waals surface area contributed by atoms with Crippen molar-refractivity contribution < 1.29 is 14.6 Å². The predicted octanol–water partition coefficient (Wildman–Crippen LogP) is 2.00. The van der Waals surface area contributed by atoms with Crippen molar-refractivity contribution in [3.05, 3.63) is 29.8 Å². The minimum atomic E-state index is -0.355. The molecule has 0 spiro atoms. The summed E-state index contributed by atoms with van der Waals surface area (Å²) in [5.41, 5.74) is 1.12. The number of aliphatic hydroxyl groups is 1. The van der Waals surface area contributed by atoms with E-state index in [0.29, 0.717) is 13.0 Å². The fraction of sp³-hybridized carbons (Fsp3) is 0.588. The highest BCUT2D eigenvalue weighted by molar-refractivity contribution is 5.80. The number of amides is 1. The first-order chi connectivity index (χ1) is 10.1. The van der Waals surface area contributed by atoms with Crippen molar-refractivity contribution in [2.75, 3.05) is 13.2 Å². The molecule has 3 unspecified atom stereocenters.